The average molecular weight is 616 g/mol. The van der Waals surface area contributed by atoms with E-state index in [-0.39, 0.29) is 29.4 Å². The lowest BCUT2D eigenvalue weighted by Gasteiger charge is -2.32. The molecule has 2 fully saturated rings. The Kier molecular flexibility index (Phi) is 10.8. The van der Waals surface area contributed by atoms with Gasteiger partial charge in [0.25, 0.3) is 5.91 Å². The number of anilines is 1. The molecule has 0 spiro atoms. The Balaban J connectivity index is 1.04. The number of likely N-dealkylation sites (N-methyl/N-ethyl adjacent to an activating group) is 1. The third-order valence-electron chi connectivity index (χ3n) is 8.82. The minimum Gasteiger partial charge on any atom is -0.446 e. The highest BCUT2D eigenvalue weighted by atomic mass is 19.1. The van der Waals surface area contributed by atoms with Crippen LogP contribution in [0.25, 0.3) is 11.1 Å². The van der Waals surface area contributed by atoms with Gasteiger partial charge in [-0.1, -0.05) is 54.6 Å². The van der Waals surface area contributed by atoms with Crippen LogP contribution in [0.1, 0.15) is 41.6 Å². The van der Waals surface area contributed by atoms with Crippen molar-refractivity contribution in [2.75, 3.05) is 51.6 Å². The molecule has 5 rings (SSSR count). The normalized spacial score (nSPS) is 16.7. The topological polar surface area (TPSA) is 108 Å². The van der Waals surface area contributed by atoms with Gasteiger partial charge in [-0.15, -0.1) is 0 Å². The van der Waals surface area contributed by atoms with E-state index >= 15 is 0 Å². The number of primary amides is 1. The Morgan fingerprint density at radius 2 is 1.58 bits per heavy atom. The van der Waals surface area contributed by atoms with Crippen LogP contribution in [0, 0.1) is 11.7 Å². The maximum atomic E-state index is 15.0. The van der Waals surface area contributed by atoms with Crippen molar-refractivity contribution >= 4 is 23.6 Å². The van der Waals surface area contributed by atoms with Crippen molar-refractivity contribution in [3.05, 3.63) is 89.7 Å². The molecule has 0 aliphatic carbocycles. The van der Waals surface area contributed by atoms with Gasteiger partial charge in [0, 0.05) is 51.3 Å². The number of hydrogen-bond acceptors (Lipinski definition) is 6. The van der Waals surface area contributed by atoms with Gasteiger partial charge in [-0.3, -0.25) is 19.8 Å². The number of carbonyl (C=O) groups is 3. The molecular formula is C35H42FN5O4. The number of likely N-dealkylation sites (tertiary alicyclic amines) is 2. The molecule has 3 aromatic carbocycles. The summed E-state index contributed by atoms with van der Waals surface area (Å²) >= 11 is 0. The second kappa shape index (κ2) is 15.1. The lowest BCUT2D eigenvalue weighted by Crippen LogP contribution is -2.42. The molecule has 0 unspecified atom stereocenters. The highest BCUT2D eigenvalue weighted by Gasteiger charge is 2.25. The Labute approximate surface area is 264 Å². The van der Waals surface area contributed by atoms with Crippen LogP contribution >= 0.6 is 0 Å². The van der Waals surface area contributed by atoms with Gasteiger partial charge >= 0.3 is 6.09 Å². The van der Waals surface area contributed by atoms with Crippen LogP contribution in [0.5, 0.6) is 0 Å². The molecule has 45 heavy (non-hydrogen) atoms. The van der Waals surface area contributed by atoms with Crippen molar-refractivity contribution in [1.82, 2.24) is 14.7 Å². The molecule has 10 heteroatoms. The third kappa shape index (κ3) is 8.67. The van der Waals surface area contributed by atoms with Gasteiger partial charge in [-0.2, -0.15) is 0 Å². The van der Waals surface area contributed by atoms with E-state index in [1.54, 1.807) is 24.1 Å². The number of ether oxygens (including phenoxy) is 1. The van der Waals surface area contributed by atoms with Crippen molar-refractivity contribution in [3.8, 4) is 11.1 Å². The minimum atomic E-state index is -0.529. The number of rotatable bonds is 10. The zero-order valence-corrected chi connectivity index (χ0v) is 25.8. The van der Waals surface area contributed by atoms with Gasteiger partial charge in [0.05, 0.1) is 11.3 Å². The number of para-hydroxylation sites is 1. The number of nitrogens with two attached hydrogens (primary N) is 1. The number of nitrogens with one attached hydrogen (secondary N) is 1. The van der Waals surface area contributed by atoms with Crippen LogP contribution in [-0.2, 0) is 16.1 Å². The van der Waals surface area contributed by atoms with E-state index in [0.29, 0.717) is 51.0 Å². The summed E-state index contributed by atoms with van der Waals surface area (Å²) in [4.78, 5) is 43.1. The second-order valence-electron chi connectivity index (χ2n) is 12.0. The van der Waals surface area contributed by atoms with E-state index in [4.69, 9.17) is 10.5 Å². The van der Waals surface area contributed by atoms with E-state index in [1.807, 2.05) is 54.6 Å². The maximum Gasteiger partial charge on any atom is 0.411 e. The van der Waals surface area contributed by atoms with Crippen LogP contribution in [0.2, 0.25) is 0 Å². The van der Waals surface area contributed by atoms with Crippen molar-refractivity contribution in [2.45, 2.75) is 38.3 Å². The zero-order valence-electron chi connectivity index (χ0n) is 25.8. The Morgan fingerprint density at radius 3 is 2.27 bits per heavy atom. The maximum absolute atomic E-state index is 15.0. The first-order chi connectivity index (χ1) is 21.8. The van der Waals surface area contributed by atoms with Gasteiger partial charge in [0.2, 0.25) is 5.91 Å². The predicted molar refractivity (Wildman–Crippen MR) is 172 cm³/mol. The minimum absolute atomic E-state index is 0.0562. The molecule has 2 saturated heterocycles. The van der Waals surface area contributed by atoms with Gasteiger partial charge in [-0.05, 0) is 68.1 Å². The number of piperidine rings is 2. The third-order valence-corrected chi connectivity index (χ3v) is 8.82. The van der Waals surface area contributed by atoms with Gasteiger partial charge in [0.1, 0.15) is 11.9 Å². The summed E-state index contributed by atoms with van der Waals surface area (Å²) < 4.78 is 20.7. The molecule has 3 N–H and O–H groups in total. The molecule has 238 valence electrons. The van der Waals surface area contributed by atoms with Crippen LogP contribution in [0.3, 0.4) is 0 Å². The Morgan fingerprint density at radius 1 is 0.911 bits per heavy atom. The number of carbonyl (C=O) groups excluding carboxylic acids is 3. The quantitative estimate of drug-likeness (QED) is 0.333. The van der Waals surface area contributed by atoms with Crippen LogP contribution in [0.15, 0.2) is 72.8 Å². The van der Waals surface area contributed by atoms with E-state index in [0.717, 1.165) is 42.9 Å². The summed E-state index contributed by atoms with van der Waals surface area (Å²) in [6.45, 7) is 4.61. The van der Waals surface area contributed by atoms with Gasteiger partial charge < -0.3 is 20.3 Å². The monoisotopic (exact) mass is 615 g/mol. The Bertz CT molecular complexity index is 1470. The first-order valence-electron chi connectivity index (χ1n) is 15.7. The molecule has 2 heterocycles. The fourth-order valence-corrected chi connectivity index (χ4v) is 6.07. The summed E-state index contributed by atoms with van der Waals surface area (Å²) in [6, 6.07) is 22.3. The molecule has 0 atom stereocenters. The van der Waals surface area contributed by atoms with Crippen LogP contribution < -0.4 is 11.1 Å². The SMILES string of the molecule is CN(CCN1CCC(OC(=O)Nc2ccccc2-c2ccccc2)CC1)C(=O)c1ccc(CN2CCC(C(N)=O)CC2)cc1F. The summed E-state index contributed by atoms with van der Waals surface area (Å²) in [5, 5.41) is 2.90. The second-order valence-corrected chi connectivity index (χ2v) is 12.0. The van der Waals surface area contributed by atoms with Gasteiger partial charge in [0.15, 0.2) is 0 Å². The lowest BCUT2D eigenvalue weighted by molar-refractivity contribution is -0.123. The first-order valence-corrected chi connectivity index (χ1v) is 15.7. The summed E-state index contributed by atoms with van der Waals surface area (Å²) in [7, 11) is 1.69. The van der Waals surface area contributed by atoms with E-state index in [1.165, 1.54) is 6.07 Å². The van der Waals surface area contributed by atoms with E-state index in [9.17, 15) is 18.8 Å². The van der Waals surface area contributed by atoms with Crippen LogP contribution in [-0.4, -0.2) is 85.0 Å². The largest absolute Gasteiger partial charge is 0.446 e. The fraction of sp³-hybridized carbons (Fsp3) is 0.400. The zero-order chi connectivity index (χ0) is 31.8. The Hall–Kier alpha value is -4.28. The molecule has 2 aliphatic heterocycles. The van der Waals surface area contributed by atoms with Crippen molar-refractivity contribution in [1.29, 1.82) is 0 Å². The molecule has 2 aliphatic rings. The van der Waals surface area contributed by atoms with Gasteiger partial charge in [-0.25, -0.2) is 9.18 Å². The summed E-state index contributed by atoms with van der Waals surface area (Å²) in [5.74, 6) is -1.23. The van der Waals surface area contributed by atoms with Crippen molar-refractivity contribution in [2.24, 2.45) is 11.7 Å². The number of benzene rings is 3. The smallest absolute Gasteiger partial charge is 0.411 e. The highest BCUT2D eigenvalue weighted by molar-refractivity contribution is 5.94. The number of amides is 3. The summed E-state index contributed by atoms with van der Waals surface area (Å²) in [5.41, 5.74) is 8.91. The van der Waals surface area contributed by atoms with Crippen molar-refractivity contribution in [3.63, 3.8) is 0 Å². The number of nitrogens with zero attached hydrogens (tertiary/aromatic N) is 3. The summed E-state index contributed by atoms with van der Waals surface area (Å²) in [6.07, 6.45) is 2.16. The first kappa shape index (κ1) is 32.1. The standard InChI is InChI=1S/C35H42FN5O4/c1-39(34(43)30-12-11-25(23-31(30)36)24-41-17-13-27(14-18-41)33(37)42)21-22-40-19-15-28(16-20-40)45-35(44)38-32-10-6-5-9-29(32)26-7-3-2-4-8-26/h2-12,23,27-28H,13-22,24H2,1H3,(H2,37,42)(H,38,44). The molecular weight excluding hydrogens is 573 g/mol. The average Bonchev–Trinajstić information content (AvgIpc) is 3.05. The number of halogens is 1. The molecule has 0 saturated carbocycles. The molecule has 0 bridgehead atoms. The lowest BCUT2D eigenvalue weighted by atomic mass is 9.96. The molecule has 3 amide bonds. The van der Waals surface area contributed by atoms with E-state index < -0.39 is 11.9 Å². The predicted octanol–water partition coefficient (Wildman–Crippen LogP) is 4.98. The molecule has 9 nitrogen and oxygen atoms in total. The van der Waals surface area contributed by atoms with E-state index in [2.05, 4.69) is 15.1 Å². The fourth-order valence-electron chi connectivity index (χ4n) is 6.07. The molecule has 3 aromatic rings. The molecule has 0 radical (unpaired) electrons. The van der Waals surface area contributed by atoms with Crippen molar-refractivity contribution < 1.29 is 23.5 Å². The number of hydrogen-bond donors (Lipinski definition) is 2. The highest BCUT2D eigenvalue weighted by Crippen LogP contribution is 2.28. The molecule has 0 aromatic heterocycles. The van der Waals surface area contributed by atoms with Crippen LogP contribution in [0.4, 0.5) is 14.9 Å².